The lowest BCUT2D eigenvalue weighted by molar-refractivity contribution is 0.0312. The zero-order valence-corrected chi connectivity index (χ0v) is 20.5. The Labute approximate surface area is 209 Å². The molecule has 0 bridgehead atoms. The molecule has 0 saturated heterocycles. The molecule has 1 aromatic carbocycles. The van der Waals surface area contributed by atoms with Gasteiger partial charge in [0.1, 0.15) is 17.5 Å². The van der Waals surface area contributed by atoms with Gasteiger partial charge >= 0.3 is 0 Å². The largest absolute Gasteiger partial charge is 0.472 e. The first-order valence-electron chi connectivity index (χ1n) is 11.8. The smallest absolute Gasteiger partial charge is 0.259 e. The van der Waals surface area contributed by atoms with Gasteiger partial charge in [-0.05, 0) is 31.2 Å². The summed E-state index contributed by atoms with van der Waals surface area (Å²) in [5.74, 6) is -1.43. The van der Waals surface area contributed by atoms with E-state index in [9.17, 15) is 19.1 Å². The summed E-state index contributed by atoms with van der Waals surface area (Å²) in [6.45, 7) is 3.92. The van der Waals surface area contributed by atoms with Crippen LogP contribution < -0.4 is 4.74 Å². The van der Waals surface area contributed by atoms with E-state index in [-0.39, 0.29) is 42.0 Å². The summed E-state index contributed by atoms with van der Waals surface area (Å²) in [7, 11) is 1.59. The minimum Gasteiger partial charge on any atom is -0.472 e. The monoisotopic (exact) mass is 492 g/mol. The fourth-order valence-electron chi connectivity index (χ4n) is 4.20. The average molecular weight is 493 g/mol. The molecule has 0 unspecified atom stereocenters. The Bertz CT molecular complexity index is 1240. The minimum atomic E-state index is -0.593. The maximum atomic E-state index is 14.2. The van der Waals surface area contributed by atoms with Crippen molar-refractivity contribution in [2.75, 3.05) is 26.7 Å². The van der Waals surface area contributed by atoms with E-state index in [2.05, 4.69) is 9.97 Å². The molecule has 3 heterocycles. The Kier molecular flexibility index (Phi) is 7.59. The lowest BCUT2D eigenvalue weighted by atomic mass is 9.99. The Morgan fingerprint density at radius 2 is 2.03 bits per heavy atom. The van der Waals surface area contributed by atoms with Gasteiger partial charge in [0.25, 0.3) is 11.8 Å². The molecular weight excluding hydrogens is 463 g/mol. The van der Waals surface area contributed by atoms with Crippen LogP contribution in [0.3, 0.4) is 0 Å². The molecular formula is C27H29FN4O4. The molecule has 0 saturated carbocycles. The predicted octanol–water partition coefficient (Wildman–Crippen LogP) is 3.28. The van der Waals surface area contributed by atoms with E-state index in [1.54, 1.807) is 55.7 Å². The van der Waals surface area contributed by atoms with Gasteiger partial charge in [0.15, 0.2) is 0 Å². The molecule has 4 rings (SSSR count). The minimum absolute atomic E-state index is 0.0242. The third-order valence-corrected chi connectivity index (χ3v) is 6.42. The standard InChI is InChI=1S/C27H29FN4O4/c1-17-14-32(18(2)16-33)27(35)22-11-20(19-7-6-10-29-12-19)13-30-25(22)36-24(17)15-31(3)26(34)21-8-4-5-9-23(21)28/h4-13,17-18,24,33H,14-16H2,1-3H3/t17-,18-,24-/m1/s1. The van der Waals surface area contributed by atoms with Crippen LogP contribution in [0.5, 0.6) is 5.88 Å². The number of aliphatic hydroxyl groups excluding tert-OH is 1. The first kappa shape index (κ1) is 25.2. The number of benzene rings is 1. The molecule has 2 aromatic heterocycles. The number of halogens is 1. The van der Waals surface area contributed by atoms with Crippen LogP contribution in [-0.4, -0.2) is 75.6 Å². The lowest BCUT2D eigenvalue weighted by Crippen LogP contribution is -2.50. The molecule has 1 N–H and O–H groups in total. The van der Waals surface area contributed by atoms with E-state index in [1.807, 2.05) is 13.0 Å². The number of ether oxygens (including phenoxy) is 1. The van der Waals surface area contributed by atoms with E-state index in [0.717, 1.165) is 5.56 Å². The van der Waals surface area contributed by atoms with Gasteiger partial charge in [-0.25, -0.2) is 9.37 Å². The van der Waals surface area contributed by atoms with Crippen molar-refractivity contribution in [3.05, 3.63) is 78.0 Å². The van der Waals surface area contributed by atoms with Crippen LogP contribution >= 0.6 is 0 Å². The third-order valence-electron chi connectivity index (χ3n) is 6.42. The van der Waals surface area contributed by atoms with Crippen LogP contribution in [-0.2, 0) is 0 Å². The number of carbonyl (C=O) groups is 2. The van der Waals surface area contributed by atoms with Gasteiger partial charge in [-0.3, -0.25) is 14.6 Å². The van der Waals surface area contributed by atoms with Crippen molar-refractivity contribution < 1.29 is 23.8 Å². The Balaban J connectivity index is 1.68. The Hall–Kier alpha value is -3.85. The normalized spacial score (nSPS) is 18.5. The summed E-state index contributed by atoms with van der Waals surface area (Å²) in [6.07, 6.45) is 4.41. The topological polar surface area (TPSA) is 95.9 Å². The second-order valence-electron chi connectivity index (χ2n) is 9.11. The molecule has 0 aliphatic carbocycles. The number of hydrogen-bond donors (Lipinski definition) is 1. The van der Waals surface area contributed by atoms with Gasteiger partial charge in [0.2, 0.25) is 5.88 Å². The average Bonchev–Trinajstić information content (AvgIpc) is 2.90. The van der Waals surface area contributed by atoms with Crippen molar-refractivity contribution in [2.24, 2.45) is 5.92 Å². The number of carbonyl (C=O) groups excluding carboxylic acids is 2. The van der Waals surface area contributed by atoms with Crippen molar-refractivity contribution >= 4 is 11.8 Å². The Morgan fingerprint density at radius 1 is 1.25 bits per heavy atom. The van der Waals surface area contributed by atoms with E-state index in [0.29, 0.717) is 12.1 Å². The highest BCUT2D eigenvalue weighted by Crippen LogP contribution is 2.30. The molecule has 36 heavy (non-hydrogen) atoms. The molecule has 9 heteroatoms. The van der Waals surface area contributed by atoms with Crippen LogP contribution in [0, 0.1) is 11.7 Å². The van der Waals surface area contributed by atoms with Gasteiger partial charge in [-0.15, -0.1) is 0 Å². The summed E-state index contributed by atoms with van der Waals surface area (Å²) in [5.41, 5.74) is 1.73. The molecule has 0 radical (unpaired) electrons. The van der Waals surface area contributed by atoms with Crippen molar-refractivity contribution in [2.45, 2.75) is 26.0 Å². The fraction of sp³-hybridized carbons (Fsp3) is 0.333. The summed E-state index contributed by atoms with van der Waals surface area (Å²) in [4.78, 5) is 38.1. The summed E-state index contributed by atoms with van der Waals surface area (Å²) in [6, 6.07) is 10.8. The van der Waals surface area contributed by atoms with E-state index in [1.165, 1.54) is 23.1 Å². The number of fused-ring (bicyclic) bond motifs is 1. The molecule has 0 spiro atoms. The SMILES string of the molecule is C[C@@H]1CN([C@H](C)CO)C(=O)c2cc(-c3cccnc3)cnc2O[C@@H]1CN(C)C(=O)c1ccccc1F. The van der Waals surface area contributed by atoms with Gasteiger partial charge in [-0.2, -0.15) is 0 Å². The number of amides is 2. The highest BCUT2D eigenvalue weighted by molar-refractivity contribution is 5.98. The van der Waals surface area contributed by atoms with Crippen molar-refractivity contribution in [1.82, 2.24) is 19.8 Å². The van der Waals surface area contributed by atoms with E-state index in [4.69, 9.17) is 4.74 Å². The Morgan fingerprint density at radius 3 is 2.72 bits per heavy atom. The van der Waals surface area contributed by atoms with Gasteiger partial charge in [0, 0.05) is 49.2 Å². The molecule has 3 atom stereocenters. The molecule has 1 aliphatic heterocycles. The molecule has 3 aromatic rings. The fourth-order valence-corrected chi connectivity index (χ4v) is 4.20. The third kappa shape index (κ3) is 5.21. The van der Waals surface area contributed by atoms with Crippen LogP contribution in [0.25, 0.3) is 11.1 Å². The van der Waals surface area contributed by atoms with Gasteiger partial charge in [-0.1, -0.05) is 25.1 Å². The number of rotatable bonds is 6. The highest BCUT2D eigenvalue weighted by Gasteiger charge is 2.35. The molecule has 1 aliphatic rings. The van der Waals surface area contributed by atoms with Crippen molar-refractivity contribution in [3.8, 4) is 17.0 Å². The maximum Gasteiger partial charge on any atom is 0.259 e. The molecule has 0 fully saturated rings. The summed E-state index contributed by atoms with van der Waals surface area (Å²) in [5, 5.41) is 9.83. The quantitative estimate of drug-likeness (QED) is 0.568. The summed E-state index contributed by atoms with van der Waals surface area (Å²) < 4.78 is 20.4. The van der Waals surface area contributed by atoms with Crippen LogP contribution in [0.2, 0.25) is 0 Å². The number of likely N-dealkylation sites (N-methyl/N-ethyl adjacent to an activating group) is 1. The van der Waals surface area contributed by atoms with Gasteiger partial charge < -0.3 is 19.6 Å². The molecule has 2 amide bonds. The van der Waals surface area contributed by atoms with Crippen molar-refractivity contribution in [3.63, 3.8) is 0 Å². The number of hydrogen-bond acceptors (Lipinski definition) is 6. The van der Waals surface area contributed by atoms with Crippen molar-refractivity contribution in [1.29, 1.82) is 0 Å². The van der Waals surface area contributed by atoms with Crippen LogP contribution in [0.15, 0.2) is 61.1 Å². The van der Waals surface area contributed by atoms with E-state index < -0.39 is 23.9 Å². The number of aliphatic hydroxyl groups is 1. The molecule has 188 valence electrons. The highest BCUT2D eigenvalue weighted by atomic mass is 19.1. The zero-order valence-electron chi connectivity index (χ0n) is 20.5. The zero-order chi connectivity index (χ0) is 25.8. The maximum absolute atomic E-state index is 14.2. The van der Waals surface area contributed by atoms with Crippen LogP contribution in [0.4, 0.5) is 4.39 Å². The first-order chi connectivity index (χ1) is 17.3. The lowest BCUT2D eigenvalue weighted by Gasteiger charge is -2.37. The van der Waals surface area contributed by atoms with Gasteiger partial charge in [0.05, 0.1) is 24.8 Å². The first-order valence-corrected chi connectivity index (χ1v) is 11.8. The second-order valence-corrected chi connectivity index (χ2v) is 9.11. The second kappa shape index (κ2) is 10.8. The predicted molar refractivity (Wildman–Crippen MR) is 132 cm³/mol. The number of aromatic nitrogens is 2. The van der Waals surface area contributed by atoms with E-state index >= 15 is 0 Å². The number of nitrogens with zero attached hydrogens (tertiary/aromatic N) is 4. The number of pyridine rings is 2. The van der Waals surface area contributed by atoms with Crippen LogP contribution in [0.1, 0.15) is 34.6 Å². The molecule has 8 nitrogen and oxygen atoms in total. The summed E-state index contributed by atoms with van der Waals surface area (Å²) >= 11 is 0.